The van der Waals surface area contributed by atoms with Crippen LogP contribution in [-0.2, 0) is 0 Å². The van der Waals surface area contributed by atoms with Crippen molar-refractivity contribution in [3.63, 3.8) is 0 Å². The Hall–Kier alpha value is -1.03. The molecule has 0 radical (unpaired) electrons. The summed E-state index contributed by atoms with van der Waals surface area (Å²) in [6.07, 6.45) is 0.0886. The van der Waals surface area contributed by atoms with Crippen LogP contribution in [0.2, 0.25) is 5.28 Å². The van der Waals surface area contributed by atoms with Crippen LogP contribution >= 0.6 is 11.6 Å². The monoisotopic (exact) mass is 230 g/mol. The zero-order valence-electron chi connectivity index (χ0n) is 9.32. The lowest BCUT2D eigenvalue weighted by atomic mass is 10.4. The van der Waals surface area contributed by atoms with Crippen molar-refractivity contribution in [2.45, 2.75) is 39.9 Å². The predicted molar refractivity (Wildman–Crippen MR) is 58.6 cm³/mol. The van der Waals surface area contributed by atoms with E-state index in [1.54, 1.807) is 6.07 Å². The number of aromatic nitrogens is 2. The van der Waals surface area contributed by atoms with Crippen molar-refractivity contribution in [1.29, 1.82) is 0 Å². The molecule has 0 N–H and O–H groups in total. The molecule has 4 nitrogen and oxygen atoms in total. The molecule has 0 aliphatic heterocycles. The Morgan fingerprint density at radius 3 is 1.73 bits per heavy atom. The summed E-state index contributed by atoms with van der Waals surface area (Å²) >= 11 is 5.73. The van der Waals surface area contributed by atoms with E-state index in [4.69, 9.17) is 21.1 Å². The van der Waals surface area contributed by atoms with Crippen LogP contribution in [0.5, 0.6) is 11.8 Å². The van der Waals surface area contributed by atoms with Gasteiger partial charge in [-0.1, -0.05) is 0 Å². The third-order valence-corrected chi connectivity index (χ3v) is 1.53. The fraction of sp³-hybridized carbons (Fsp3) is 0.600. The number of nitrogens with zero attached hydrogens (tertiary/aromatic N) is 2. The molecular formula is C10H15ClN2O2. The largest absolute Gasteiger partial charge is 0.475 e. The maximum atomic E-state index is 5.73. The number of rotatable bonds is 4. The third-order valence-electron chi connectivity index (χ3n) is 1.36. The molecular weight excluding hydrogens is 216 g/mol. The van der Waals surface area contributed by atoms with E-state index in [1.807, 2.05) is 27.7 Å². The molecule has 0 unspecified atom stereocenters. The van der Waals surface area contributed by atoms with Crippen LogP contribution in [0, 0.1) is 0 Å². The molecule has 5 heteroatoms. The molecule has 0 spiro atoms. The van der Waals surface area contributed by atoms with Gasteiger partial charge in [-0.3, -0.25) is 0 Å². The van der Waals surface area contributed by atoms with Crippen LogP contribution in [0.25, 0.3) is 0 Å². The highest BCUT2D eigenvalue weighted by molar-refractivity contribution is 6.28. The second-order valence-electron chi connectivity index (χ2n) is 3.65. The van der Waals surface area contributed by atoms with Gasteiger partial charge >= 0.3 is 0 Å². The van der Waals surface area contributed by atoms with Crippen molar-refractivity contribution in [3.05, 3.63) is 11.3 Å². The van der Waals surface area contributed by atoms with Gasteiger partial charge in [-0.05, 0) is 39.3 Å². The fourth-order valence-electron chi connectivity index (χ4n) is 0.981. The van der Waals surface area contributed by atoms with Crippen LogP contribution in [0.15, 0.2) is 6.07 Å². The van der Waals surface area contributed by atoms with E-state index in [0.29, 0.717) is 11.8 Å². The van der Waals surface area contributed by atoms with Crippen molar-refractivity contribution in [2.75, 3.05) is 0 Å². The summed E-state index contributed by atoms with van der Waals surface area (Å²) in [6.45, 7) is 7.66. The molecule has 0 aliphatic rings. The van der Waals surface area contributed by atoms with Crippen LogP contribution in [0.4, 0.5) is 0 Å². The van der Waals surface area contributed by atoms with Gasteiger partial charge in [0.25, 0.3) is 0 Å². The third kappa shape index (κ3) is 4.34. The molecule has 1 aromatic rings. The van der Waals surface area contributed by atoms with Gasteiger partial charge in [-0.25, -0.2) is 0 Å². The van der Waals surface area contributed by atoms with E-state index in [2.05, 4.69) is 9.97 Å². The molecule has 0 atom stereocenters. The second kappa shape index (κ2) is 5.16. The van der Waals surface area contributed by atoms with E-state index in [9.17, 15) is 0 Å². The zero-order valence-corrected chi connectivity index (χ0v) is 10.1. The topological polar surface area (TPSA) is 44.2 Å². The highest BCUT2D eigenvalue weighted by Crippen LogP contribution is 2.19. The Labute approximate surface area is 94.6 Å². The van der Waals surface area contributed by atoms with Gasteiger partial charge in [0, 0.05) is 0 Å². The molecule has 1 aromatic heterocycles. The number of halogens is 1. The van der Waals surface area contributed by atoms with E-state index in [0.717, 1.165) is 0 Å². The number of ether oxygens (including phenoxy) is 2. The van der Waals surface area contributed by atoms with Gasteiger partial charge in [-0.2, -0.15) is 9.97 Å². The molecule has 15 heavy (non-hydrogen) atoms. The van der Waals surface area contributed by atoms with E-state index in [-0.39, 0.29) is 17.5 Å². The van der Waals surface area contributed by atoms with E-state index >= 15 is 0 Å². The van der Waals surface area contributed by atoms with Crippen LogP contribution < -0.4 is 9.47 Å². The lowest BCUT2D eigenvalue weighted by Gasteiger charge is -2.12. The highest BCUT2D eigenvalue weighted by atomic mass is 35.5. The quantitative estimate of drug-likeness (QED) is 0.746. The Morgan fingerprint density at radius 2 is 1.40 bits per heavy atom. The van der Waals surface area contributed by atoms with Gasteiger partial charge in [0.15, 0.2) is 0 Å². The second-order valence-corrected chi connectivity index (χ2v) is 3.98. The smallest absolute Gasteiger partial charge is 0.228 e. The van der Waals surface area contributed by atoms with Gasteiger partial charge < -0.3 is 9.47 Å². The average molecular weight is 231 g/mol. The molecule has 84 valence electrons. The summed E-state index contributed by atoms with van der Waals surface area (Å²) in [4.78, 5) is 7.87. The first-order chi connectivity index (χ1) is 6.97. The first-order valence-electron chi connectivity index (χ1n) is 4.85. The summed E-state index contributed by atoms with van der Waals surface area (Å²) in [6, 6.07) is 1.63. The SMILES string of the molecule is CC(C)Oc1cc(OC(C)C)nc(Cl)n1. The summed E-state index contributed by atoms with van der Waals surface area (Å²) < 4.78 is 10.8. The molecule has 0 bridgehead atoms. The zero-order chi connectivity index (χ0) is 11.4. The van der Waals surface area contributed by atoms with Crippen molar-refractivity contribution < 1.29 is 9.47 Å². The van der Waals surface area contributed by atoms with Crippen LogP contribution in [-0.4, -0.2) is 22.2 Å². The van der Waals surface area contributed by atoms with Gasteiger partial charge in [0.05, 0.1) is 18.3 Å². The maximum absolute atomic E-state index is 5.73. The Kier molecular flexibility index (Phi) is 4.15. The molecule has 1 rings (SSSR count). The van der Waals surface area contributed by atoms with Crippen LogP contribution in [0.3, 0.4) is 0 Å². The number of hydrogen-bond donors (Lipinski definition) is 0. The van der Waals surface area contributed by atoms with Crippen molar-refractivity contribution in [1.82, 2.24) is 9.97 Å². The average Bonchev–Trinajstić information content (AvgIpc) is 1.98. The minimum Gasteiger partial charge on any atom is -0.475 e. The molecule has 0 aliphatic carbocycles. The van der Waals surface area contributed by atoms with Crippen molar-refractivity contribution >= 4 is 11.6 Å². The molecule has 1 heterocycles. The predicted octanol–water partition coefficient (Wildman–Crippen LogP) is 2.70. The Morgan fingerprint density at radius 1 is 1.00 bits per heavy atom. The van der Waals surface area contributed by atoms with Crippen molar-refractivity contribution in [2.24, 2.45) is 0 Å². The lowest BCUT2D eigenvalue weighted by molar-refractivity contribution is 0.216. The van der Waals surface area contributed by atoms with Crippen LogP contribution in [0.1, 0.15) is 27.7 Å². The van der Waals surface area contributed by atoms with E-state index in [1.165, 1.54) is 0 Å². The first-order valence-corrected chi connectivity index (χ1v) is 5.23. The lowest BCUT2D eigenvalue weighted by Crippen LogP contribution is -2.10. The first kappa shape index (κ1) is 12.0. The molecule has 0 saturated carbocycles. The fourth-order valence-corrected chi connectivity index (χ4v) is 1.15. The molecule has 0 amide bonds. The van der Waals surface area contributed by atoms with Gasteiger partial charge in [0.1, 0.15) is 0 Å². The highest BCUT2D eigenvalue weighted by Gasteiger charge is 2.07. The minimum absolute atomic E-state index is 0.0443. The molecule has 0 fully saturated rings. The summed E-state index contributed by atoms with van der Waals surface area (Å²) in [5, 5.41) is 0.129. The normalized spacial score (nSPS) is 10.9. The maximum Gasteiger partial charge on any atom is 0.228 e. The van der Waals surface area contributed by atoms with Crippen molar-refractivity contribution in [3.8, 4) is 11.8 Å². The summed E-state index contributed by atoms with van der Waals surface area (Å²) in [5.41, 5.74) is 0. The Balaban J connectivity index is 2.84. The van der Waals surface area contributed by atoms with Gasteiger partial charge in [-0.15, -0.1) is 0 Å². The molecule has 0 saturated heterocycles. The minimum atomic E-state index is 0.0443. The Bertz CT molecular complexity index is 301. The number of hydrogen-bond acceptors (Lipinski definition) is 4. The summed E-state index contributed by atoms with van der Waals surface area (Å²) in [7, 11) is 0. The van der Waals surface area contributed by atoms with Gasteiger partial charge in [0.2, 0.25) is 17.0 Å². The molecule has 0 aromatic carbocycles. The summed E-state index contributed by atoms with van der Waals surface area (Å²) in [5.74, 6) is 0.862. The standard InChI is InChI=1S/C10H15ClN2O2/c1-6(2)14-8-5-9(15-7(3)4)13-10(11)12-8/h5-7H,1-4H3. The van der Waals surface area contributed by atoms with E-state index < -0.39 is 0 Å².